The zero-order chi connectivity index (χ0) is 17.5. The summed E-state index contributed by atoms with van der Waals surface area (Å²) in [6.07, 6.45) is 3.06. The van der Waals surface area contributed by atoms with Crippen LogP contribution in [0.2, 0.25) is 0 Å². The fraction of sp³-hybridized carbons (Fsp3) is 0.611. The van der Waals surface area contributed by atoms with Gasteiger partial charge in [-0.05, 0) is 50.2 Å². The lowest BCUT2D eigenvalue weighted by atomic mass is 9.79. The van der Waals surface area contributed by atoms with Gasteiger partial charge in [0.2, 0.25) is 10.0 Å². The molecule has 0 amide bonds. The minimum Gasteiger partial charge on any atom is -0.303 e. The summed E-state index contributed by atoms with van der Waals surface area (Å²) in [5.74, 6) is 0.737. The van der Waals surface area contributed by atoms with Crippen LogP contribution in [0.3, 0.4) is 0 Å². The molecule has 1 aliphatic carbocycles. The Labute approximate surface area is 145 Å². The molecule has 2 aliphatic rings. The number of sulfonamides is 1. The highest BCUT2D eigenvalue weighted by Crippen LogP contribution is 2.41. The molecule has 132 valence electrons. The van der Waals surface area contributed by atoms with Crippen LogP contribution in [0, 0.1) is 18.8 Å². The predicted molar refractivity (Wildman–Crippen MR) is 96.5 cm³/mol. The van der Waals surface area contributed by atoms with Crippen molar-refractivity contribution in [1.82, 2.24) is 9.31 Å². The van der Waals surface area contributed by atoms with Gasteiger partial charge in [-0.1, -0.05) is 24.6 Å². The van der Waals surface area contributed by atoms with Gasteiger partial charge in [0.05, 0.1) is 16.6 Å². The van der Waals surface area contributed by atoms with Gasteiger partial charge >= 0.3 is 0 Å². The first kappa shape index (κ1) is 17.4. The van der Waals surface area contributed by atoms with Crippen molar-refractivity contribution < 1.29 is 8.42 Å². The van der Waals surface area contributed by atoms with Gasteiger partial charge in [0.1, 0.15) is 0 Å². The molecule has 1 aromatic rings. The number of nitrogens with zero attached hydrogens (tertiary/aromatic N) is 3. The molecule has 24 heavy (non-hydrogen) atoms. The standard InChI is InChI=1S/C18H27N3O2S/c1-13-8-10-15(11-9-13)24(22,23)21-12-14(2)16-6-5-7-17(18(16)21)19-20(3)4/h8-11,14,16,18H,5-7,12H2,1-4H3/b19-17+/t14-,16-,18+/m1/s1. The number of hydrazone groups is 1. The summed E-state index contributed by atoms with van der Waals surface area (Å²) in [6.45, 7) is 4.71. The second-order valence-corrected chi connectivity index (χ2v) is 9.20. The third-order valence-corrected chi connectivity index (χ3v) is 7.04. The van der Waals surface area contributed by atoms with E-state index in [4.69, 9.17) is 0 Å². The second kappa shape index (κ2) is 6.48. The van der Waals surface area contributed by atoms with Crippen molar-refractivity contribution in [3.05, 3.63) is 29.8 Å². The molecule has 3 atom stereocenters. The molecule has 0 aromatic heterocycles. The summed E-state index contributed by atoms with van der Waals surface area (Å²) in [7, 11) is 0.300. The SMILES string of the molecule is Cc1ccc(S(=O)(=O)N2C[C@@H](C)[C@H]3CCC/C(=N\N(C)C)[C@H]32)cc1. The molecule has 3 rings (SSSR count). The molecule has 0 N–H and O–H groups in total. The maximum Gasteiger partial charge on any atom is 0.243 e. The predicted octanol–water partition coefficient (Wildman–Crippen LogP) is 2.72. The number of rotatable bonds is 3. The van der Waals surface area contributed by atoms with Gasteiger partial charge in [0.15, 0.2) is 0 Å². The highest BCUT2D eigenvalue weighted by Gasteiger charge is 2.49. The van der Waals surface area contributed by atoms with E-state index in [0.29, 0.717) is 23.3 Å². The first-order valence-electron chi connectivity index (χ1n) is 8.64. The Kier molecular flexibility index (Phi) is 4.71. The van der Waals surface area contributed by atoms with E-state index in [1.54, 1.807) is 21.4 Å². The highest BCUT2D eigenvalue weighted by molar-refractivity contribution is 7.89. The van der Waals surface area contributed by atoms with E-state index in [1.165, 1.54) is 0 Å². The summed E-state index contributed by atoms with van der Waals surface area (Å²) in [6, 6.07) is 7.06. The first-order valence-corrected chi connectivity index (χ1v) is 10.1. The van der Waals surface area contributed by atoms with Crippen LogP contribution in [0.1, 0.15) is 31.7 Å². The van der Waals surface area contributed by atoms with Crippen LogP contribution in [0.4, 0.5) is 0 Å². The molecule has 1 saturated carbocycles. The van der Waals surface area contributed by atoms with Crippen LogP contribution in [0.25, 0.3) is 0 Å². The number of hydrogen-bond acceptors (Lipinski definition) is 4. The lowest BCUT2D eigenvalue weighted by molar-refractivity contribution is 0.334. The van der Waals surface area contributed by atoms with Crippen molar-refractivity contribution in [3.8, 4) is 0 Å². The van der Waals surface area contributed by atoms with Crippen molar-refractivity contribution in [2.75, 3.05) is 20.6 Å². The van der Waals surface area contributed by atoms with Crippen LogP contribution in [-0.2, 0) is 10.0 Å². The Morgan fingerprint density at radius 2 is 1.88 bits per heavy atom. The Bertz CT molecular complexity index is 725. The molecule has 1 saturated heterocycles. The molecule has 1 aliphatic heterocycles. The fourth-order valence-corrected chi connectivity index (χ4v) is 5.80. The first-order chi connectivity index (χ1) is 11.3. The van der Waals surface area contributed by atoms with Crippen LogP contribution in [0.15, 0.2) is 34.3 Å². The molecular formula is C18H27N3O2S. The van der Waals surface area contributed by atoms with Crippen LogP contribution in [-0.4, -0.2) is 50.1 Å². The van der Waals surface area contributed by atoms with Crippen molar-refractivity contribution in [1.29, 1.82) is 0 Å². The van der Waals surface area contributed by atoms with E-state index >= 15 is 0 Å². The Hall–Kier alpha value is -1.40. The van der Waals surface area contributed by atoms with E-state index in [9.17, 15) is 8.42 Å². The van der Waals surface area contributed by atoms with Crippen molar-refractivity contribution in [2.45, 2.75) is 44.0 Å². The average molecular weight is 350 g/mol. The summed E-state index contributed by atoms with van der Waals surface area (Å²) in [4.78, 5) is 0.385. The third kappa shape index (κ3) is 3.09. The molecule has 1 aromatic carbocycles. The Morgan fingerprint density at radius 1 is 1.21 bits per heavy atom. The maximum absolute atomic E-state index is 13.2. The fourth-order valence-electron chi connectivity index (χ4n) is 4.04. The monoisotopic (exact) mass is 349 g/mol. The van der Waals surface area contributed by atoms with Gasteiger partial charge in [-0.15, -0.1) is 0 Å². The molecule has 5 nitrogen and oxygen atoms in total. The molecule has 0 unspecified atom stereocenters. The minimum atomic E-state index is -3.49. The number of aryl methyl sites for hydroxylation is 1. The lowest BCUT2D eigenvalue weighted by Crippen LogP contribution is -2.45. The maximum atomic E-state index is 13.2. The normalized spacial score (nSPS) is 29.7. The van der Waals surface area contributed by atoms with Gasteiger partial charge < -0.3 is 5.01 Å². The van der Waals surface area contributed by atoms with Gasteiger partial charge in [-0.25, -0.2) is 8.42 Å². The molecule has 0 spiro atoms. The van der Waals surface area contributed by atoms with Gasteiger partial charge in [0.25, 0.3) is 0 Å². The number of fused-ring (bicyclic) bond motifs is 1. The van der Waals surface area contributed by atoms with E-state index < -0.39 is 10.0 Å². The Morgan fingerprint density at radius 3 is 2.50 bits per heavy atom. The van der Waals surface area contributed by atoms with E-state index in [2.05, 4.69) is 12.0 Å². The second-order valence-electron chi connectivity index (χ2n) is 7.30. The summed E-state index contributed by atoms with van der Waals surface area (Å²) >= 11 is 0. The summed E-state index contributed by atoms with van der Waals surface area (Å²) < 4.78 is 28.2. The smallest absolute Gasteiger partial charge is 0.243 e. The average Bonchev–Trinajstić information content (AvgIpc) is 2.86. The summed E-state index contributed by atoms with van der Waals surface area (Å²) in [5, 5.41) is 6.42. The van der Waals surface area contributed by atoms with E-state index in [0.717, 1.165) is 30.5 Å². The molecule has 6 heteroatoms. The molecule has 2 fully saturated rings. The van der Waals surface area contributed by atoms with Crippen LogP contribution >= 0.6 is 0 Å². The highest BCUT2D eigenvalue weighted by atomic mass is 32.2. The van der Waals surface area contributed by atoms with Crippen LogP contribution in [0.5, 0.6) is 0 Å². The summed E-state index contributed by atoms with van der Waals surface area (Å²) in [5.41, 5.74) is 2.07. The van der Waals surface area contributed by atoms with Gasteiger partial charge in [-0.3, -0.25) is 0 Å². The lowest BCUT2D eigenvalue weighted by Gasteiger charge is -2.33. The van der Waals surface area contributed by atoms with Crippen molar-refractivity contribution >= 4 is 15.7 Å². The zero-order valence-corrected chi connectivity index (χ0v) is 15.8. The minimum absolute atomic E-state index is 0.0950. The van der Waals surface area contributed by atoms with E-state index in [1.807, 2.05) is 33.2 Å². The molecule has 0 bridgehead atoms. The Balaban J connectivity index is 2.01. The van der Waals surface area contributed by atoms with Crippen LogP contribution < -0.4 is 0 Å². The quantitative estimate of drug-likeness (QED) is 0.789. The molecule has 1 heterocycles. The van der Waals surface area contributed by atoms with E-state index in [-0.39, 0.29) is 6.04 Å². The van der Waals surface area contributed by atoms with Crippen molar-refractivity contribution in [2.24, 2.45) is 16.9 Å². The van der Waals surface area contributed by atoms with Crippen molar-refractivity contribution in [3.63, 3.8) is 0 Å². The number of hydrogen-bond donors (Lipinski definition) is 0. The number of benzene rings is 1. The zero-order valence-electron chi connectivity index (χ0n) is 14.9. The van der Waals surface area contributed by atoms with Gasteiger partial charge in [0, 0.05) is 20.6 Å². The topological polar surface area (TPSA) is 53.0 Å². The largest absolute Gasteiger partial charge is 0.303 e. The van der Waals surface area contributed by atoms with Gasteiger partial charge in [-0.2, -0.15) is 9.41 Å². The molecular weight excluding hydrogens is 322 g/mol. The molecule has 0 radical (unpaired) electrons. The third-order valence-electron chi connectivity index (χ3n) is 5.18.